The van der Waals surface area contributed by atoms with Crippen LogP contribution < -0.4 is 9.47 Å². The number of rotatable bonds is 4. The number of hydrogen-bond acceptors (Lipinski definition) is 2. The first kappa shape index (κ1) is 17.7. The van der Waals surface area contributed by atoms with Crippen LogP contribution in [0.2, 0.25) is 0 Å². The summed E-state index contributed by atoms with van der Waals surface area (Å²) in [7, 11) is 1.72. The molecule has 140 valence electrons. The minimum atomic E-state index is -0.271. The maximum absolute atomic E-state index is 6.42. The predicted octanol–water partition coefficient (Wildman–Crippen LogP) is 6.55. The molecule has 4 rings (SSSR count). The minimum Gasteiger partial charge on any atom is -0.495 e. The van der Waals surface area contributed by atoms with Crippen LogP contribution in [0.3, 0.4) is 0 Å². The quantitative estimate of drug-likeness (QED) is 0.535. The van der Waals surface area contributed by atoms with E-state index in [-0.39, 0.29) is 5.60 Å². The van der Waals surface area contributed by atoms with E-state index in [2.05, 4.69) is 75.2 Å². The van der Waals surface area contributed by atoms with Gasteiger partial charge in [-0.15, -0.1) is 0 Å². The Kier molecular flexibility index (Phi) is 4.26. The topological polar surface area (TPSA) is 34.2 Å². The maximum Gasteiger partial charge on any atom is 0.143 e. The number of nitrogens with one attached hydrogen (secondary N) is 1. The Balaban J connectivity index is 1.79. The SMILES string of the molecule is COc1cc(C)cc2c1[nH]c1c3c(ccc12)O[C@@](C)(CCC=C(C)C)C=C3. The molecule has 3 aromatic rings. The molecule has 27 heavy (non-hydrogen) atoms. The second kappa shape index (κ2) is 6.49. The molecule has 0 bridgehead atoms. The first-order chi connectivity index (χ1) is 12.9. The fraction of sp³-hybridized carbons (Fsp3) is 0.333. The molecular formula is C24H27NO2. The molecular weight excluding hydrogens is 334 g/mol. The maximum atomic E-state index is 6.42. The van der Waals surface area contributed by atoms with Crippen molar-refractivity contribution in [3.8, 4) is 11.5 Å². The van der Waals surface area contributed by atoms with Crippen molar-refractivity contribution in [3.63, 3.8) is 0 Å². The number of fused-ring (bicyclic) bond motifs is 5. The summed E-state index contributed by atoms with van der Waals surface area (Å²) in [6, 6.07) is 8.53. The number of aromatic nitrogens is 1. The molecule has 3 nitrogen and oxygen atoms in total. The number of H-pyrrole nitrogens is 1. The third-order valence-corrected chi connectivity index (χ3v) is 5.35. The Hall–Kier alpha value is -2.68. The van der Waals surface area contributed by atoms with E-state index in [0.717, 1.165) is 40.9 Å². The first-order valence-electron chi connectivity index (χ1n) is 9.55. The van der Waals surface area contributed by atoms with Crippen LogP contribution in [0.1, 0.15) is 44.7 Å². The fourth-order valence-corrected chi connectivity index (χ4v) is 3.92. The van der Waals surface area contributed by atoms with Gasteiger partial charge in [-0.2, -0.15) is 0 Å². The van der Waals surface area contributed by atoms with Crippen LogP contribution >= 0.6 is 0 Å². The lowest BCUT2D eigenvalue weighted by Crippen LogP contribution is -2.31. The molecule has 3 heteroatoms. The lowest BCUT2D eigenvalue weighted by Gasteiger charge is -2.31. The lowest BCUT2D eigenvalue weighted by atomic mass is 9.94. The Morgan fingerprint density at radius 2 is 2.00 bits per heavy atom. The van der Waals surface area contributed by atoms with Crippen molar-refractivity contribution in [1.82, 2.24) is 4.98 Å². The molecule has 0 unspecified atom stereocenters. The molecule has 1 aliphatic heterocycles. The summed E-state index contributed by atoms with van der Waals surface area (Å²) in [4.78, 5) is 3.57. The summed E-state index contributed by atoms with van der Waals surface area (Å²) >= 11 is 0. The Labute approximate surface area is 160 Å². The van der Waals surface area contributed by atoms with E-state index in [4.69, 9.17) is 9.47 Å². The third-order valence-electron chi connectivity index (χ3n) is 5.35. The second-order valence-corrected chi connectivity index (χ2v) is 7.98. The number of aromatic amines is 1. The van der Waals surface area contributed by atoms with E-state index < -0.39 is 0 Å². The number of ether oxygens (including phenoxy) is 2. The molecule has 0 aliphatic carbocycles. The molecule has 2 aromatic carbocycles. The van der Waals surface area contributed by atoms with Crippen molar-refractivity contribution in [1.29, 1.82) is 0 Å². The zero-order valence-electron chi connectivity index (χ0n) is 16.8. The van der Waals surface area contributed by atoms with Gasteiger partial charge in [-0.05, 0) is 82.5 Å². The van der Waals surface area contributed by atoms with E-state index in [0.29, 0.717) is 0 Å². The smallest absolute Gasteiger partial charge is 0.143 e. The highest BCUT2D eigenvalue weighted by molar-refractivity contribution is 6.12. The number of benzene rings is 2. The Bertz CT molecular complexity index is 1080. The van der Waals surface area contributed by atoms with Crippen LogP contribution in [-0.2, 0) is 0 Å². The van der Waals surface area contributed by atoms with E-state index in [1.165, 1.54) is 21.9 Å². The van der Waals surface area contributed by atoms with Crippen LogP contribution in [0.5, 0.6) is 11.5 Å². The van der Waals surface area contributed by atoms with Gasteiger partial charge in [0.25, 0.3) is 0 Å². The molecule has 1 atom stereocenters. The van der Waals surface area contributed by atoms with Crippen LogP contribution in [-0.4, -0.2) is 17.7 Å². The summed E-state index contributed by atoms with van der Waals surface area (Å²) in [6.07, 6.45) is 8.66. The summed E-state index contributed by atoms with van der Waals surface area (Å²) in [5.74, 6) is 1.81. The molecule has 1 aromatic heterocycles. The Morgan fingerprint density at radius 3 is 2.74 bits per heavy atom. The van der Waals surface area contributed by atoms with E-state index >= 15 is 0 Å². The average molecular weight is 361 g/mol. The van der Waals surface area contributed by atoms with Crippen molar-refractivity contribution in [3.05, 3.63) is 53.1 Å². The number of allylic oxidation sites excluding steroid dienone is 2. The standard InChI is InChI=1S/C24H27NO2/c1-15(2)7-6-11-24(4)12-10-18-20(27-24)9-8-17-19-13-16(3)14-21(26-5)23(19)25-22(17)18/h7-10,12-14,25H,6,11H2,1-5H3/t24-/m0/s1. The zero-order valence-corrected chi connectivity index (χ0v) is 16.8. The van der Waals surface area contributed by atoms with Gasteiger partial charge in [-0.3, -0.25) is 0 Å². The van der Waals surface area contributed by atoms with Gasteiger partial charge in [-0.1, -0.05) is 11.6 Å². The van der Waals surface area contributed by atoms with Crippen molar-refractivity contribution in [2.45, 2.75) is 46.1 Å². The van der Waals surface area contributed by atoms with E-state index in [1.54, 1.807) is 7.11 Å². The molecule has 1 N–H and O–H groups in total. The fourth-order valence-electron chi connectivity index (χ4n) is 3.92. The van der Waals surface area contributed by atoms with Crippen LogP contribution in [0.4, 0.5) is 0 Å². The molecule has 0 amide bonds. The average Bonchev–Trinajstić information content (AvgIpc) is 2.99. The van der Waals surface area contributed by atoms with Gasteiger partial charge < -0.3 is 14.5 Å². The molecule has 0 spiro atoms. The van der Waals surface area contributed by atoms with E-state index in [1.807, 2.05) is 0 Å². The monoisotopic (exact) mass is 361 g/mol. The summed E-state index contributed by atoms with van der Waals surface area (Å²) in [5, 5.41) is 2.39. The van der Waals surface area contributed by atoms with Gasteiger partial charge in [0.1, 0.15) is 17.1 Å². The predicted molar refractivity (Wildman–Crippen MR) is 114 cm³/mol. The summed E-state index contributed by atoms with van der Waals surface area (Å²) in [5.41, 5.74) is 5.53. The molecule has 0 fully saturated rings. The number of aryl methyl sites for hydroxylation is 1. The lowest BCUT2D eigenvalue weighted by molar-refractivity contribution is 0.129. The normalized spacial score (nSPS) is 18.4. The highest BCUT2D eigenvalue weighted by atomic mass is 16.5. The van der Waals surface area contributed by atoms with Gasteiger partial charge in [-0.25, -0.2) is 0 Å². The number of methoxy groups -OCH3 is 1. The van der Waals surface area contributed by atoms with Crippen LogP contribution in [0.25, 0.3) is 27.9 Å². The zero-order chi connectivity index (χ0) is 19.2. The van der Waals surface area contributed by atoms with Gasteiger partial charge in [0.2, 0.25) is 0 Å². The minimum absolute atomic E-state index is 0.271. The van der Waals surface area contributed by atoms with Gasteiger partial charge >= 0.3 is 0 Å². The van der Waals surface area contributed by atoms with Crippen molar-refractivity contribution >= 4 is 27.9 Å². The van der Waals surface area contributed by atoms with Crippen LogP contribution in [0.15, 0.2) is 42.0 Å². The largest absolute Gasteiger partial charge is 0.495 e. The van der Waals surface area contributed by atoms with Crippen molar-refractivity contribution < 1.29 is 9.47 Å². The van der Waals surface area contributed by atoms with E-state index in [9.17, 15) is 0 Å². The van der Waals surface area contributed by atoms with Gasteiger partial charge in [0.05, 0.1) is 18.1 Å². The second-order valence-electron chi connectivity index (χ2n) is 7.98. The molecule has 0 saturated heterocycles. The highest BCUT2D eigenvalue weighted by Crippen LogP contribution is 2.41. The third kappa shape index (κ3) is 3.12. The van der Waals surface area contributed by atoms with Crippen molar-refractivity contribution in [2.24, 2.45) is 0 Å². The molecule has 1 aliphatic rings. The summed E-state index contributed by atoms with van der Waals surface area (Å²) < 4.78 is 12.0. The van der Waals surface area contributed by atoms with Gasteiger partial charge in [0.15, 0.2) is 0 Å². The van der Waals surface area contributed by atoms with Crippen molar-refractivity contribution in [2.75, 3.05) is 7.11 Å². The molecule has 0 saturated carbocycles. The molecule has 2 heterocycles. The van der Waals surface area contributed by atoms with Crippen LogP contribution in [0, 0.1) is 6.92 Å². The molecule has 0 radical (unpaired) electrons. The van der Waals surface area contributed by atoms with Gasteiger partial charge in [0, 0.05) is 16.3 Å². The summed E-state index contributed by atoms with van der Waals surface area (Å²) in [6.45, 7) is 8.53. The first-order valence-corrected chi connectivity index (χ1v) is 9.55. The number of hydrogen-bond donors (Lipinski definition) is 1. The Morgan fingerprint density at radius 1 is 1.19 bits per heavy atom. The highest BCUT2D eigenvalue weighted by Gasteiger charge is 2.28.